The first-order valence-corrected chi connectivity index (χ1v) is 10.0. The van der Waals surface area contributed by atoms with E-state index in [1.807, 2.05) is 0 Å². The Hall–Kier alpha value is -2.62. The van der Waals surface area contributed by atoms with Crippen molar-refractivity contribution in [1.29, 1.82) is 0 Å². The average Bonchev–Trinajstić information content (AvgIpc) is 2.59. The lowest BCUT2D eigenvalue weighted by atomic mass is 10.1. The molecule has 5 nitrogen and oxygen atoms in total. The highest BCUT2D eigenvalue weighted by Crippen LogP contribution is 2.30. The van der Waals surface area contributed by atoms with Crippen molar-refractivity contribution >= 4 is 27.3 Å². The van der Waals surface area contributed by atoms with Gasteiger partial charge in [0.15, 0.2) is 0 Å². The molecule has 0 aromatic heterocycles. The molecule has 152 valence electrons. The summed E-state index contributed by atoms with van der Waals surface area (Å²) in [4.78, 5) is 12.6. The predicted molar refractivity (Wildman–Crippen MR) is 97.9 cm³/mol. The molecule has 2 aromatic rings. The van der Waals surface area contributed by atoms with Gasteiger partial charge < -0.3 is 5.32 Å². The average molecular weight is 418 g/mol. The van der Waals surface area contributed by atoms with Crippen molar-refractivity contribution in [3.63, 3.8) is 0 Å². The zero-order valence-electron chi connectivity index (χ0n) is 15.0. The van der Waals surface area contributed by atoms with Gasteiger partial charge in [-0.15, -0.1) is 0 Å². The molecule has 0 unspecified atom stereocenters. The summed E-state index contributed by atoms with van der Waals surface area (Å²) in [6.45, 7) is 1.58. The fourth-order valence-corrected chi connectivity index (χ4v) is 3.83. The first-order valence-electron chi connectivity index (χ1n) is 8.16. The van der Waals surface area contributed by atoms with Gasteiger partial charge in [-0.2, -0.15) is 13.2 Å². The Morgan fingerprint density at radius 3 is 2.04 bits per heavy atom. The number of carbonyl (C=O) groups excluding carboxylic acids is 1. The number of amides is 1. The summed E-state index contributed by atoms with van der Waals surface area (Å²) in [5.74, 6) is -1.29. The lowest BCUT2D eigenvalue weighted by molar-refractivity contribution is -0.137. The number of anilines is 2. The van der Waals surface area contributed by atoms with E-state index in [1.54, 1.807) is 6.92 Å². The van der Waals surface area contributed by atoms with Gasteiger partial charge in [0, 0.05) is 5.69 Å². The molecular formula is C18H18F4N2O3S. The van der Waals surface area contributed by atoms with Gasteiger partial charge in [0.05, 0.1) is 17.5 Å². The maximum atomic E-state index is 13.2. The van der Waals surface area contributed by atoms with E-state index in [0.717, 1.165) is 47.0 Å². The SMILES string of the molecule is CC[C@H](C(=O)Nc1ccc(C(F)(F)F)cc1)N(c1ccc(F)cc1)S(C)(=O)=O. The fraction of sp³-hybridized carbons (Fsp3) is 0.278. The maximum Gasteiger partial charge on any atom is 0.416 e. The minimum absolute atomic E-state index is 0.0803. The molecule has 0 aliphatic carbocycles. The molecule has 0 aliphatic heterocycles. The van der Waals surface area contributed by atoms with Crippen LogP contribution in [-0.4, -0.2) is 26.6 Å². The van der Waals surface area contributed by atoms with Crippen LogP contribution in [0.4, 0.5) is 28.9 Å². The molecule has 0 spiro atoms. The first-order chi connectivity index (χ1) is 12.9. The van der Waals surface area contributed by atoms with Crippen LogP contribution in [-0.2, 0) is 21.0 Å². The number of nitrogens with one attached hydrogen (secondary N) is 1. The maximum absolute atomic E-state index is 13.2. The highest BCUT2D eigenvalue weighted by atomic mass is 32.2. The second kappa shape index (κ2) is 8.17. The Kier molecular flexibility index (Phi) is 6.33. The highest BCUT2D eigenvalue weighted by molar-refractivity contribution is 7.92. The van der Waals surface area contributed by atoms with E-state index in [1.165, 1.54) is 12.1 Å². The Balaban J connectivity index is 2.30. The monoisotopic (exact) mass is 418 g/mol. The molecule has 0 bridgehead atoms. The Labute approximate surface area is 160 Å². The lowest BCUT2D eigenvalue weighted by Crippen LogP contribution is -2.47. The van der Waals surface area contributed by atoms with Gasteiger partial charge in [-0.05, 0) is 55.0 Å². The first kappa shape index (κ1) is 21.7. The molecular weight excluding hydrogens is 400 g/mol. The van der Waals surface area contributed by atoms with Gasteiger partial charge in [-0.3, -0.25) is 9.10 Å². The molecule has 0 aliphatic rings. The molecule has 1 N–H and O–H groups in total. The van der Waals surface area contributed by atoms with Crippen LogP contribution in [0.1, 0.15) is 18.9 Å². The third-order valence-electron chi connectivity index (χ3n) is 3.89. The van der Waals surface area contributed by atoms with Crippen molar-refractivity contribution in [1.82, 2.24) is 0 Å². The minimum atomic E-state index is -4.51. The Bertz CT molecular complexity index is 927. The van der Waals surface area contributed by atoms with E-state index in [0.29, 0.717) is 0 Å². The molecule has 2 aromatic carbocycles. The normalized spacial score (nSPS) is 13.1. The van der Waals surface area contributed by atoms with E-state index in [2.05, 4.69) is 5.32 Å². The molecule has 2 rings (SSSR count). The largest absolute Gasteiger partial charge is 0.416 e. The van der Waals surface area contributed by atoms with Gasteiger partial charge in [0.2, 0.25) is 15.9 Å². The number of nitrogens with zero attached hydrogens (tertiary/aromatic N) is 1. The molecule has 10 heteroatoms. The van der Waals surface area contributed by atoms with Crippen LogP contribution in [0, 0.1) is 5.82 Å². The zero-order chi connectivity index (χ0) is 21.1. The second-order valence-corrected chi connectivity index (χ2v) is 7.88. The molecule has 0 fully saturated rings. The molecule has 1 atom stereocenters. The van der Waals surface area contributed by atoms with Gasteiger partial charge in [-0.25, -0.2) is 12.8 Å². The molecule has 0 radical (unpaired) electrons. The van der Waals surface area contributed by atoms with Crippen LogP contribution in [0.25, 0.3) is 0 Å². The lowest BCUT2D eigenvalue weighted by Gasteiger charge is -2.30. The second-order valence-electron chi connectivity index (χ2n) is 6.02. The van der Waals surface area contributed by atoms with E-state index in [4.69, 9.17) is 0 Å². The molecule has 0 saturated carbocycles. The fourth-order valence-electron chi connectivity index (χ4n) is 2.62. The number of halogens is 4. The van der Waals surface area contributed by atoms with Gasteiger partial charge >= 0.3 is 6.18 Å². The van der Waals surface area contributed by atoms with Crippen molar-refractivity contribution in [2.24, 2.45) is 0 Å². The van der Waals surface area contributed by atoms with Crippen LogP contribution >= 0.6 is 0 Å². The summed E-state index contributed by atoms with van der Waals surface area (Å²) in [5, 5.41) is 2.42. The standard InChI is InChI=1S/C18H18F4N2O3S/c1-3-16(24(28(2,26)27)15-10-6-13(19)7-11-15)17(25)23-14-8-4-12(5-9-14)18(20,21)22/h4-11,16H,3H2,1-2H3,(H,23,25)/t16-/m1/s1. The summed E-state index contributed by atoms with van der Waals surface area (Å²) in [6, 6.07) is 7.18. The number of rotatable bonds is 6. The quantitative estimate of drug-likeness (QED) is 0.721. The number of benzene rings is 2. The van der Waals surface area contributed by atoms with Crippen molar-refractivity contribution < 1.29 is 30.8 Å². The van der Waals surface area contributed by atoms with E-state index in [9.17, 15) is 30.8 Å². The highest BCUT2D eigenvalue weighted by Gasteiger charge is 2.32. The number of hydrogen-bond acceptors (Lipinski definition) is 3. The summed E-state index contributed by atoms with van der Waals surface area (Å²) < 4.78 is 76.4. The molecule has 0 heterocycles. The predicted octanol–water partition coefficient (Wildman–Crippen LogP) is 4.03. The summed E-state index contributed by atoms with van der Waals surface area (Å²) in [5.41, 5.74) is -0.691. The van der Waals surface area contributed by atoms with Crippen LogP contribution in [0.2, 0.25) is 0 Å². The van der Waals surface area contributed by atoms with Crippen LogP contribution in [0.15, 0.2) is 48.5 Å². The third-order valence-corrected chi connectivity index (χ3v) is 5.07. The van der Waals surface area contributed by atoms with Crippen molar-refractivity contribution in [2.75, 3.05) is 15.9 Å². The summed E-state index contributed by atoms with van der Waals surface area (Å²) in [7, 11) is -3.90. The number of sulfonamides is 1. The smallest absolute Gasteiger partial charge is 0.324 e. The number of alkyl halides is 3. The summed E-state index contributed by atoms with van der Waals surface area (Å²) in [6.07, 6.45) is -3.52. The van der Waals surface area contributed by atoms with Gasteiger partial charge in [-0.1, -0.05) is 6.92 Å². The molecule has 28 heavy (non-hydrogen) atoms. The molecule has 1 amide bonds. The topological polar surface area (TPSA) is 66.5 Å². The summed E-state index contributed by atoms with van der Waals surface area (Å²) >= 11 is 0. The number of carbonyl (C=O) groups is 1. The third kappa shape index (κ3) is 5.22. The van der Waals surface area contributed by atoms with E-state index >= 15 is 0 Å². The van der Waals surface area contributed by atoms with Crippen LogP contribution < -0.4 is 9.62 Å². The van der Waals surface area contributed by atoms with Crippen molar-refractivity contribution in [3.05, 3.63) is 59.9 Å². The zero-order valence-corrected chi connectivity index (χ0v) is 15.8. The minimum Gasteiger partial charge on any atom is -0.324 e. The van der Waals surface area contributed by atoms with Crippen molar-refractivity contribution in [2.45, 2.75) is 25.6 Å². The van der Waals surface area contributed by atoms with Gasteiger partial charge in [0.1, 0.15) is 11.9 Å². The van der Waals surface area contributed by atoms with Crippen molar-refractivity contribution in [3.8, 4) is 0 Å². The Morgan fingerprint density at radius 1 is 1.07 bits per heavy atom. The number of hydrogen-bond donors (Lipinski definition) is 1. The van der Waals surface area contributed by atoms with Gasteiger partial charge in [0.25, 0.3) is 0 Å². The van der Waals surface area contributed by atoms with Crippen LogP contribution in [0.5, 0.6) is 0 Å². The van der Waals surface area contributed by atoms with Crippen LogP contribution in [0.3, 0.4) is 0 Å². The molecule has 0 saturated heterocycles. The van der Waals surface area contributed by atoms with E-state index < -0.39 is 39.5 Å². The van der Waals surface area contributed by atoms with E-state index in [-0.39, 0.29) is 17.8 Å². The Morgan fingerprint density at radius 2 is 1.61 bits per heavy atom.